The van der Waals surface area contributed by atoms with Gasteiger partial charge in [-0.05, 0) is 88.4 Å². The minimum Gasteiger partial charge on any atom is -0.456 e. The fourth-order valence-electron chi connectivity index (χ4n) is 7.60. The van der Waals surface area contributed by atoms with Gasteiger partial charge < -0.3 is 9.73 Å². The van der Waals surface area contributed by atoms with Crippen molar-refractivity contribution in [2.45, 2.75) is 104 Å². The first-order valence-corrected chi connectivity index (χ1v) is 31.3. The van der Waals surface area contributed by atoms with E-state index >= 15 is 0 Å². The average molecular weight is 1100 g/mol. The molecule has 354 valence electrons. The zero-order valence-electron chi connectivity index (χ0n) is 36.1. The maximum atomic E-state index is 13.6. The zero-order valence-corrected chi connectivity index (χ0v) is 44.0. The highest BCUT2D eigenvalue weighted by Crippen LogP contribution is 2.47. The second-order valence-corrected chi connectivity index (χ2v) is 29.3. The Labute approximate surface area is 406 Å². The minimum atomic E-state index is -4.74. The van der Waals surface area contributed by atoms with Crippen molar-refractivity contribution in [1.82, 2.24) is 0 Å². The van der Waals surface area contributed by atoms with E-state index in [0.29, 0.717) is 27.9 Å². The van der Waals surface area contributed by atoms with Crippen LogP contribution >= 0.6 is 53.4 Å². The van der Waals surface area contributed by atoms with Crippen molar-refractivity contribution >= 4 is 127 Å². The van der Waals surface area contributed by atoms with E-state index in [1.165, 1.54) is 60.7 Å². The van der Waals surface area contributed by atoms with Crippen molar-refractivity contribution in [1.29, 1.82) is 0 Å². The van der Waals surface area contributed by atoms with Crippen LogP contribution in [0.25, 0.3) is 33.4 Å². The van der Waals surface area contributed by atoms with Crippen molar-refractivity contribution in [3.8, 4) is 22.5 Å². The average Bonchev–Trinajstić information content (AvgIpc) is 3.17. The van der Waals surface area contributed by atoms with Gasteiger partial charge in [0.05, 0.1) is 31.4 Å². The highest BCUT2D eigenvalue weighted by Gasteiger charge is 2.31. The largest absolute Gasteiger partial charge is 0.456 e. The van der Waals surface area contributed by atoms with Gasteiger partial charge in [-0.1, -0.05) is 73.6 Å². The molecule has 1 heterocycles. The number of anilines is 2. The summed E-state index contributed by atoms with van der Waals surface area (Å²) in [6.45, 7) is 14.3. The second kappa shape index (κ2) is 18.5. The third kappa shape index (κ3) is 10.7. The third-order valence-corrected chi connectivity index (χ3v) is 17.5. The van der Waals surface area contributed by atoms with Crippen LogP contribution in [0.15, 0.2) is 107 Å². The van der Waals surface area contributed by atoms with Crippen molar-refractivity contribution in [3.63, 3.8) is 0 Å². The summed E-state index contributed by atoms with van der Waals surface area (Å²) >= 11 is 0. The third-order valence-electron chi connectivity index (χ3n) is 10.7. The quantitative estimate of drug-likeness (QED) is 0.0846. The van der Waals surface area contributed by atoms with Crippen LogP contribution in [0.3, 0.4) is 0 Å². The van der Waals surface area contributed by atoms with E-state index in [4.69, 9.17) is 62.8 Å². The van der Waals surface area contributed by atoms with Gasteiger partial charge in [0.15, 0.2) is 0 Å². The molecule has 1 aliphatic carbocycles. The fraction of sp³-hybridized carbons (Fsp3) is 0.279. The van der Waals surface area contributed by atoms with E-state index in [1.807, 2.05) is 0 Å². The summed E-state index contributed by atoms with van der Waals surface area (Å²) in [7, 11) is 7.47. The van der Waals surface area contributed by atoms with Crippen LogP contribution in [-0.4, -0.2) is 42.1 Å². The van der Waals surface area contributed by atoms with E-state index in [-0.39, 0.29) is 83.6 Å². The Morgan fingerprint density at radius 2 is 0.955 bits per heavy atom. The lowest BCUT2D eigenvalue weighted by Crippen LogP contribution is -2.14. The number of halogens is 5. The van der Waals surface area contributed by atoms with Gasteiger partial charge in [-0.2, -0.15) is 0 Å². The maximum absolute atomic E-state index is 13.6. The van der Waals surface area contributed by atoms with Gasteiger partial charge in [-0.15, -0.1) is 0 Å². The highest BCUT2D eigenvalue weighted by atomic mass is 35.7. The van der Waals surface area contributed by atoms with Gasteiger partial charge in [0.1, 0.15) is 21.1 Å². The maximum Gasteiger partial charge on any atom is 0.263 e. The SMILES string of the molecule is CC(C)c1cc(S(=O)(=O)Cl)cc(C(C)C)c1/N=c1\cc2oc3cc(Nc4c(C(C)C)cc(S(=O)(=O)Cl)cc4C(C)C)c(S(=O)(=O)Cl)cc3c(-c3ccccc3S(=O)(=O)Cl)c-2cc1S(=O)(=O)Cl. The Hall–Kier alpha value is -3.43. The number of benzene rings is 5. The van der Waals surface area contributed by atoms with Gasteiger partial charge in [-0.3, -0.25) is 0 Å². The van der Waals surface area contributed by atoms with Gasteiger partial charge in [0, 0.05) is 93.3 Å². The summed E-state index contributed by atoms with van der Waals surface area (Å²) in [5.41, 5.74) is 1.83. The van der Waals surface area contributed by atoms with E-state index in [1.54, 1.807) is 55.4 Å². The van der Waals surface area contributed by atoms with Crippen LogP contribution in [0.5, 0.6) is 0 Å². The molecule has 1 aliphatic heterocycles. The molecule has 23 heteroatoms. The lowest BCUT2D eigenvalue weighted by atomic mass is 9.92. The van der Waals surface area contributed by atoms with Crippen LogP contribution in [0, 0.1) is 0 Å². The van der Waals surface area contributed by atoms with E-state index < -0.39 is 59.9 Å². The molecule has 0 unspecified atom stereocenters. The second-order valence-electron chi connectivity index (χ2n) is 16.6. The Morgan fingerprint density at radius 1 is 0.500 bits per heavy atom. The van der Waals surface area contributed by atoms with Crippen molar-refractivity contribution < 1.29 is 46.5 Å². The monoisotopic (exact) mass is 1100 g/mol. The van der Waals surface area contributed by atoms with Gasteiger partial charge in [-0.25, -0.2) is 47.1 Å². The lowest BCUT2D eigenvalue weighted by molar-refractivity contribution is 0.604. The van der Waals surface area contributed by atoms with Crippen LogP contribution < -0.4 is 10.7 Å². The molecule has 0 spiro atoms. The topological polar surface area (TPSA) is 208 Å². The van der Waals surface area contributed by atoms with E-state index in [9.17, 15) is 42.1 Å². The van der Waals surface area contributed by atoms with E-state index in [2.05, 4.69) is 5.32 Å². The summed E-state index contributed by atoms with van der Waals surface area (Å²) in [4.78, 5) is 2.91. The zero-order chi connectivity index (χ0) is 49.4. The number of hydrogen-bond donors (Lipinski definition) is 1. The number of fused-ring (bicyclic) bond motifs is 2. The molecule has 4 aromatic rings. The predicted octanol–water partition coefficient (Wildman–Crippen LogP) is 12.3. The smallest absolute Gasteiger partial charge is 0.263 e. The first-order chi connectivity index (χ1) is 30.2. The summed E-state index contributed by atoms with van der Waals surface area (Å²) in [6.07, 6.45) is 0. The molecule has 0 bridgehead atoms. The van der Waals surface area contributed by atoms with Crippen LogP contribution in [0.1, 0.15) is 101 Å². The van der Waals surface area contributed by atoms with Crippen molar-refractivity contribution in [3.05, 3.63) is 100 Å². The molecular weight excluding hydrogens is 1060 g/mol. The summed E-state index contributed by atoms with van der Waals surface area (Å²) in [6, 6.07) is 15.7. The Kier molecular flexibility index (Phi) is 14.5. The highest BCUT2D eigenvalue weighted by molar-refractivity contribution is 8.15. The molecule has 13 nitrogen and oxygen atoms in total. The number of nitrogens with one attached hydrogen (secondary N) is 1. The number of hydrogen-bond acceptors (Lipinski definition) is 13. The standard InChI is InChI=1S/C43H41Cl5N2O11S5/c1-21(2)28-13-25(62(44,51)52)14-29(22(3)4)42(28)49-34-19-36-32(17-39(34)65(47,57)58)41(27-11-9-10-12-38(27)64(46,55)56)33-18-40(66(48,59)60)35(20-37(33)61-36)50-43-30(23(5)6)15-26(63(45,53)54)16-31(43)24(7)8/h9-24,49H,1-8H3/b50-35+. The fourth-order valence-corrected chi connectivity index (χ4v) is 12.3. The molecule has 66 heavy (non-hydrogen) atoms. The molecule has 0 aromatic heterocycles. The lowest BCUT2D eigenvalue weighted by Gasteiger charge is -2.24. The minimum absolute atomic E-state index is 0.0582. The number of nitrogens with zero attached hydrogens (tertiary/aromatic N) is 1. The molecule has 0 saturated carbocycles. The summed E-state index contributed by atoms with van der Waals surface area (Å²) < 4.78 is 138. The molecule has 0 saturated heterocycles. The van der Waals surface area contributed by atoms with Crippen LogP contribution in [-0.2, 0) is 45.3 Å². The first-order valence-electron chi connectivity index (χ1n) is 19.8. The number of rotatable bonds is 13. The predicted molar refractivity (Wildman–Crippen MR) is 261 cm³/mol. The Balaban J connectivity index is 1.86. The molecule has 2 aliphatic rings. The molecule has 1 N–H and O–H groups in total. The van der Waals surface area contributed by atoms with Gasteiger partial charge >= 0.3 is 0 Å². The van der Waals surface area contributed by atoms with Gasteiger partial charge in [0.25, 0.3) is 45.3 Å². The first kappa shape index (κ1) is 52.0. The molecule has 0 amide bonds. The summed E-state index contributed by atoms with van der Waals surface area (Å²) in [5, 5.41) is 2.84. The van der Waals surface area contributed by atoms with E-state index in [0.717, 1.165) is 12.1 Å². The molecule has 6 rings (SSSR count). The Bertz CT molecular complexity index is 3550. The summed E-state index contributed by atoms with van der Waals surface area (Å²) in [5.74, 6) is -1.52. The molecule has 4 aromatic carbocycles. The van der Waals surface area contributed by atoms with Gasteiger partial charge in [0.2, 0.25) is 0 Å². The molecule has 0 fully saturated rings. The Morgan fingerprint density at radius 3 is 1.39 bits per heavy atom. The van der Waals surface area contributed by atoms with Crippen LogP contribution in [0.2, 0.25) is 0 Å². The molecule has 0 atom stereocenters. The normalized spacial score (nSPS) is 13.6. The molecular formula is C43H41Cl5N2O11S5. The van der Waals surface area contributed by atoms with Crippen LogP contribution in [0.4, 0.5) is 17.1 Å². The van der Waals surface area contributed by atoms with Crippen molar-refractivity contribution in [2.24, 2.45) is 4.99 Å². The van der Waals surface area contributed by atoms with Crippen molar-refractivity contribution in [2.75, 3.05) is 5.32 Å². The molecule has 0 radical (unpaired) electrons.